The molecule has 0 N–H and O–H groups in total. The Morgan fingerprint density at radius 1 is 0.533 bits per heavy atom. The molecule has 2 aromatic rings. The van der Waals surface area contributed by atoms with Crippen LogP contribution in [0.5, 0.6) is 11.5 Å². The standard InChI is InChI=1S/C20H10F6O4/c21-19(22,23)11-1-5-13(6-2-11)29-17-9-16(28)18(10-15(17)27)30-14-7-3-12(4-8-14)20(24,25)26/h1-10H. The van der Waals surface area contributed by atoms with Crippen molar-refractivity contribution in [1.29, 1.82) is 0 Å². The quantitative estimate of drug-likeness (QED) is 0.502. The summed E-state index contributed by atoms with van der Waals surface area (Å²) in [7, 11) is 0. The molecule has 156 valence electrons. The molecule has 0 saturated carbocycles. The fraction of sp³-hybridized carbons (Fsp3) is 0.100. The molecule has 10 heteroatoms. The smallest absolute Gasteiger partial charge is 0.416 e. The lowest BCUT2D eigenvalue weighted by atomic mass is 10.1. The van der Waals surface area contributed by atoms with Crippen molar-refractivity contribution in [3.05, 3.63) is 83.3 Å². The lowest BCUT2D eigenvalue weighted by Gasteiger charge is -2.15. The minimum absolute atomic E-state index is 0.101. The molecule has 30 heavy (non-hydrogen) atoms. The first-order valence-corrected chi connectivity index (χ1v) is 8.16. The predicted molar refractivity (Wildman–Crippen MR) is 90.3 cm³/mol. The molecule has 0 spiro atoms. The van der Waals surface area contributed by atoms with E-state index < -0.39 is 46.6 Å². The average molecular weight is 428 g/mol. The van der Waals surface area contributed by atoms with Gasteiger partial charge in [0, 0.05) is 12.2 Å². The van der Waals surface area contributed by atoms with E-state index in [0.29, 0.717) is 0 Å². The Labute approximate surface area is 165 Å². The molecule has 1 aliphatic carbocycles. The van der Waals surface area contributed by atoms with Crippen molar-refractivity contribution >= 4 is 11.6 Å². The first-order chi connectivity index (χ1) is 13.9. The molecular formula is C20H10F6O4. The van der Waals surface area contributed by atoms with Gasteiger partial charge in [-0.3, -0.25) is 9.59 Å². The van der Waals surface area contributed by atoms with Crippen molar-refractivity contribution in [3.63, 3.8) is 0 Å². The highest BCUT2D eigenvalue weighted by molar-refractivity contribution is 6.18. The molecule has 4 nitrogen and oxygen atoms in total. The van der Waals surface area contributed by atoms with Crippen molar-refractivity contribution in [2.24, 2.45) is 0 Å². The molecular weight excluding hydrogens is 418 g/mol. The maximum atomic E-state index is 12.6. The van der Waals surface area contributed by atoms with Crippen LogP contribution in [0.3, 0.4) is 0 Å². The SMILES string of the molecule is O=C1C=C(Oc2ccc(C(F)(F)F)cc2)C(=O)C=C1Oc1ccc(C(F)(F)F)cc1. The van der Waals surface area contributed by atoms with Gasteiger partial charge in [-0.1, -0.05) is 0 Å². The minimum atomic E-state index is -4.54. The van der Waals surface area contributed by atoms with Crippen LogP contribution in [0.1, 0.15) is 11.1 Å². The number of halogens is 6. The zero-order chi connectivity index (χ0) is 22.1. The maximum absolute atomic E-state index is 12.6. The topological polar surface area (TPSA) is 52.6 Å². The van der Waals surface area contributed by atoms with Crippen LogP contribution in [0.4, 0.5) is 26.3 Å². The van der Waals surface area contributed by atoms with Crippen LogP contribution in [-0.4, -0.2) is 11.6 Å². The lowest BCUT2D eigenvalue weighted by Crippen LogP contribution is -2.19. The molecule has 0 radical (unpaired) electrons. The van der Waals surface area contributed by atoms with Gasteiger partial charge >= 0.3 is 12.4 Å². The fourth-order valence-corrected chi connectivity index (χ4v) is 2.36. The van der Waals surface area contributed by atoms with Crippen LogP contribution < -0.4 is 9.47 Å². The molecule has 0 heterocycles. The Kier molecular flexibility index (Phi) is 5.43. The highest BCUT2D eigenvalue weighted by Crippen LogP contribution is 2.32. The first-order valence-electron chi connectivity index (χ1n) is 8.16. The second kappa shape index (κ2) is 7.69. The number of carbonyl (C=O) groups excluding carboxylic acids is 2. The normalized spacial score (nSPS) is 14.9. The minimum Gasteiger partial charge on any atom is -0.453 e. The zero-order valence-corrected chi connectivity index (χ0v) is 14.7. The number of hydrogen-bond donors (Lipinski definition) is 0. The van der Waals surface area contributed by atoms with E-state index in [1.807, 2.05) is 0 Å². The number of hydrogen-bond acceptors (Lipinski definition) is 4. The van der Waals surface area contributed by atoms with Crippen molar-refractivity contribution in [2.75, 3.05) is 0 Å². The monoisotopic (exact) mass is 428 g/mol. The average Bonchev–Trinajstić information content (AvgIpc) is 2.65. The Bertz CT molecular complexity index is 943. The molecule has 0 amide bonds. The zero-order valence-electron chi connectivity index (χ0n) is 14.7. The summed E-state index contributed by atoms with van der Waals surface area (Å²) < 4.78 is 85.7. The van der Waals surface area contributed by atoms with Gasteiger partial charge in [0.05, 0.1) is 11.1 Å². The number of ketones is 2. The maximum Gasteiger partial charge on any atom is 0.416 e. The largest absolute Gasteiger partial charge is 0.453 e. The third-order valence-electron chi connectivity index (χ3n) is 3.83. The summed E-state index contributed by atoms with van der Waals surface area (Å²) in [5.41, 5.74) is -1.83. The second-order valence-electron chi connectivity index (χ2n) is 5.99. The van der Waals surface area contributed by atoms with Gasteiger partial charge in [-0.25, -0.2) is 0 Å². The van der Waals surface area contributed by atoms with Gasteiger partial charge in [0.2, 0.25) is 11.6 Å². The highest BCUT2D eigenvalue weighted by Gasteiger charge is 2.31. The summed E-state index contributed by atoms with van der Waals surface area (Å²) in [5, 5.41) is 0. The number of carbonyl (C=O) groups is 2. The van der Waals surface area contributed by atoms with Gasteiger partial charge in [-0.15, -0.1) is 0 Å². The van der Waals surface area contributed by atoms with Crippen molar-refractivity contribution in [1.82, 2.24) is 0 Å². The van der Waals surface area contributed by atoms with E-state index in [9.17, 15) is 35.9 Å². The molecule has 0 atom stereocenters. The molecule has 0 bridgehead atoms. The summed E-state index contributed by atoms with van der Waals surface area (Å²) >= 11 is 0. The lowest BCUT2D eigenvalue weighted by molar-refractivity contribution is -0.138. The molecule has 2 aromatic carbocycles. The Morgan fingerprint density at radius 2 is 0.833 bits per heavy atom. The molecule has 0 aliphatic heterocycles. The van der Waals surface area contributed by atoms with Gasteiger partial charge in [-0.2, -0.15) is 26.3 Å². The molecule has 3 rings (SSSR count). The first kappa shape index (κ1) is 21.2. The Balaban J connectivity index is 1.69. The van der Waals surface area contributed by atoms with Crippen molar-refractivity contribution in [3.8, 4) is 11.5 Å². The second-order valence-corrected chi connectivity index (χ2v) is 5.99. The van der Waals surface area contributed by atoms with E-state index in [1.165, 1.54) is 0 Å². The number of rotatable bonds is 4. The van der Waals surface area contributed by atoms with Gasteiger partial charge in [0.15, 0.2) is 11.5 Å². The number of alkyl halides is 6. The third kappa shape index (κ3) is 4.88. The van der Waals surface area contributed by atoms with E-state index in [1.54, 1.807) is 0 Å². The van der Waals surface area contributed by atoms with Gasteiger partial charge in [-0.05, 0) is 48.5 Å². The summed E-state index contributed by atoms with van der Waals surface area (Å²) in [4.78, 5) is 24.3. The molecule has 0 aromatic heterocycles. The van der Waals surface area contributed by atoms with Crippen LogP contribution in [0.25, 0.3) is 0 Å². The van der Waals surface area contributed by atoms with Crippen LogP contribution in [0.15, 0.2) is 72.2 Å². The van der Waals surface area contributed by atoms with Crippen LogP contribution in [-0.2, 0) is 21.9 Å². The van der Waals surface area contributed by atoms with Crippen molar-refractivity contribution < 1.29 is 45.4 Å². The summed E-state index contributed by atoms with van der Waals surface area (Å²) in [6.07, 6.45) is -7.53. The number of allylic oxidation sites excluding steroid dienone is 2. The summed E-state index contributed by atoms with van der Waals surface area (Å²) in [6.45, 7) is 0. The van der Waals surface area contributed by atoms with Crippen LogP contribution >= 0.6 is 0 Å². The predicted octanol–water partition coefficient (Wildman–Crippen LogP) is 5.10. The van der Waals surface area contributed by atoms with Crippen LogP contribution in [0.2, 0.25) is 0 Å². The fourth-order valence-electron chi connectivity index (χ4n) is 2.36. The van der Waals surface area contributed by atoms with E-state index in [-0.39, 0.29) is 11.5 Å². The van der Waals surface area contributed by atoms with E-state index in [0.717, 1.165) is 60.7 Å². The number of benzene rings is 2. The molecule has 0 fully saturated rings. The highest BCUT2D eigenvalue weighted by atomic mass is 19.4. The van der Waals surface area contributed by atoms with Gasteiger partial charge < -0.3 is 9.47 Å². The molecule has 1 aliphatic rings. The summed E-state index contributed by atoms with van der Waals surface area (Å²) in [5.74, 6) is -2.71. The van der Waals surface area contributed by atoms with E-state index in [2.05, 4.69) is 0 Å². The Morgan fingerprint density at radius 3 is 1.10 bits per heavy atom. The molecule has 0 unspecified atom stereocenters. The third-order valence-corrected chi connectivity index (χ3v) is 3.83. The van der Waals surface area contributed by atoms with E-state index in [4.69, 9.17) is 9.47 Å². The van der Waals surface area contributed by atoms with Gasteiger partial charge in [0.25, 0.3) is 0 Å². The van der Waals surface area contributed by atoms with Crippen molar-refractivity contribution in [2.45, 2.75) is 12.4 Å². The number of ether oxygens (including phenoxy) is 2. The Hall–Kier alpha value is -3.56. The van der Waals surface area contributed by atoms with Gasteiger partial charge in [0.1, 0.15) is 11.5 Å². The molecule has 0 saturated heterocycles. The van der Waals surface area contributed by atoms with E-state index >= 15 is 0 Å². The summed E-state index contributed by atoms with van der Waals surface area (Å²) in [6, 6.07) is 6.94. The van der Waals surface area contributed by atoms with Crippen LogP contribution in [0, 0.1) is 0 Å².